The zero-order chi connectivity index (χ0) is 12.0. The maximum absolute atomic E-state index is 11.6. The molecule has 1 saturated carbocycles. The van der Waals surface area contributed by atoms with Crippen molar-refractivity contribution in [3.8, 4) is 0 Å². The minimum atomic E-state index is -0.127. The van der Waals surface area contributed by atoms with Crippen molar-refractivity contribution in [2.24, 2.45) is 17.8 Å². The molecular weight excluding hydrogens is 226 g/mol. The van der Waals surface area contributed by atoms with Gasteiger partial charge in [0.05, 0.1) is 0 Å². The van der Waals surface area contributed by atoms with E-state index in [-0.39, 0.29) is 18.4 Å². The van der Waals surface area contributed by atoms with E-state index in [1.54, 1.807) is 0 Å². The van der Waals surface area contributed by atoms with Gasteiger partial charge in [0.1, 0.15) is 0 Å². The number of nitrogens with one attached hydrogen (secondary N) is 1. The number of carbonyl (C=O) groups is 1. The number of halogens is 1. The summed E-state index contributed by atoms with van der Waals surface area (Å²) in [4.78, 5) is 11.6. The van der Waals surface area contributed by atoms with Gasteiger partial charge < -0.3 is 10.4 Å². The van der Waals surface area contributed by atoms with Gasteiger partial charge in [0.15, 0.2) is 0 Å². The van der Waals surface area contributed by atoms with Crippen molar-refractivity contribution >= 4 is 17.5 Å². The molecule has 0 saturated heterocycles. The standard InChI is InChI=1S/C12H22ClNO2/c1-9(6-13)12(16)14-7-10-4-2-3-5-11(10)8-15/h9-11,15H,2-8H2,1H3,(H,14,16). The van der Waals surface area contributed by atoms with E-state index >= 15 is 0 Å². The molecule has 0 aromatic heterocycles. The highest BCUT2D eigenvalue weighted by atomic mass is 35.5. The first kappa shape index (κ1) is 13.8. The van der Waals surface area contributed by atoms with Gasteiger partial charge in [-0.3, -0.25) is 4.79 Å². The summed E-state index contributed by atoms with van der Waals surface area (Å²) in [6, 6.07) is 0. The second kappa shape index (κ2) is 7.13. The molecular formula is C12H22ClNO2. The van der Waals surface area contributed by atoms with Crippen molar-refractivity contribution in [1.29, 1.82) is 0 Å². The lowest BCUT2D eigenvalue weighted by Crippen LogP contribution is -2.38. The zero-order valence-corrected chi connectivity index (χ0v) is 10.7. The minimum absolute atomic E-state index is 0.0252. The predicted octanol–water partition coefficient (Wildman–Crippen LogP) is 1.78. The Morgan fingerprint density at radius 2 is 2.06 bits per heavy atom. The van der Waals surface area contributed by atoms with Gasteiger partial charge in [0.2, 0.25) is 5.91 Å². The highest BCUT2D eigenvalue weighted by Gasteiger charge is 2.25. The van der Waals surface area contributed by atoms with Crippen molar-refractivity contribution in [3.05, 3.63) is 0 Å². The molecule has 3 unspecified atom stereocenters. The fourth-order valence-corrected chi connectivity index (χ4v) is 2.41. The topological polar surface area (TPSA) is 49.3 Å². The SMILES string of the molecule is CC(CCl)C(=O)NCC1CCCCC1CO. The third-order valence-electron chi connectivity index (χ3n) is 3.52. The van der Waals surface area contributed by atoms with Crippen LogP contribution in [-0.4, -0.2) is 30.0 Å². The molecule has 0 spiro atoms. The van der Waals surface area contributed by atoms with E-state index in [1.165, 1.54) is 12.8 Å². The van der Waals surface area contributed by atoms with E-state index in [2.05, 4.69) is 5.32 Å². The molecule has 0 aliphatic heterocycles. The molecule has 0 bridgehead atoms. The first-order valence-corrected chi connectivity index (χ1v) is 6.67. The summed E-state index contributed by atoms with van der Waals surface area (Å²) in [6.07, 6.45) is 4.61. The van der Waals surface area contributed by atoms with E-state index < -0.39 is 0 Å². The van der Waals surface area contributed by atoms with E-state index in [0.29, 0.717) is 24.3 Å². The average molecular weight is 248 g/mol. The van der Waals surface area contributed by atoms with E-state index in [4.69, 9.17) is 11.6 Å². The Hall–Kier alpha value is -0.280. The Balaban J connectivity index is 2.32. The second-order valence-electron chi connectivity index (χ2n) is 4.79. The van der Waals surface area contributed by atoms with Crippen molar-refractivity contribution in [3.63, 3.8) is 0 Å². The van der Waals surface area contributed by atoms with E-state index in [1.807, 2.05) is 6.92 Å². The molecule has 0 aromatic rings. The fraction of sp³-hybridized carbons (Fsp3) is 0.917. The number of hydrogen-bond acceptors (Lipinski definition) is 2. The van der Waals surface area contributed by atoms with Crippen LogP contribution in [0, 0.1) is 17.8 Å². The first-order chi connectivity index (χ1) is 7.69. The van der Waals surface area contributed by atoms with Crippen molar-refractivity contribution in [1.82, 2.24) is 5.32 Å². The van der Waals surface area contributed by atoms with Crippen LogP contribution in [0.5, 0.6) is 0 Å². The Morgan fingerprint density at radius 1 is 1.44 bits per heavy atom. The molecule has 0 aromatic carbocycles. The molecule has 4 heteroatoms. The number of carbonyl (C=O) groups excluding carboxylic acids is 1. The Bertz CT molecular complexity index is 223. The molecule has 0 radical (unpaired) electrons. The van der Waals surface area contributed by atoms with Crippen LogP contribution in [0.15, 0.2) is 0 Å². The van der Waals surface area contributed by atoms with Gasteiger partial charge >= 0.3 is 0 Å². The largest absolute Gasteiger partial charge is 0.396 e. The molecule has 2 N–H and O–H groups in total. The van der Waals surface area contributed by atoms with E-state index in [0.717, 1.165) is 12.8 Å². The Kier molecular flexibility index (Phi) is 6.14. The summed E-state index contributed by atoms with van der Waals surface area (Å²) in [5.41, 5.74) is 0. The smallest absolute Gasteiger partial charge is 0.224 e. The molecule has 16 heavy (non-hydrogen) atoms. The number of aliphatic hydroxyl groups is 1. The number of alkyl halides is 1. The van der Waals surface area contributed by atoms with Crippen LogP contribution in [0.3, 0.4) is 0 Å². The van der Waals surface area contributed by atoms with Gasteiger partial charge in [0, 0.05) is 24.9 Å². The maximum atomic E-state index is 11.6. The summed E-state index contributed by atoms with van der Waals surface area (Å²) >= 11 is 5.62. The van der Waals surface area contributed by atoms with Crippen molar-refractivity contribution < 1.29 is 9.90 Å². The molecule has 1 amide bonds. The van der Waals surface area contributed by atoms with Crippen LogP contribution in [0.4, 0.5) is 0 Å². The Labute approximate surface area is 103 Å². The lowest BCUT2D eigenvalue weighted by atomic mass is 9.79. The van der Waals surface area contributed by atoms with Gasteiger partial charge in [0.25, 0.3) is 0 Å². The van der Waals surface area contributed by atoms with Gasteiger partial charge in [-0.2, -0.15) is 0 Å². The highest BCUT2D eigenvalue weighted by molar-refractivity contribution is 6.19. The fourth-order valence-electron chi connectivity index (χ4n) is 2.27. The summed E-state index contributed by atoms with van der Waals surface area (Å²) < 4.78 is 0. The minimum Gasteiger partial charge on any atom is -0.396 e. The van der Waals surface area contributed by atoms with E-state index in [9.17, 15) is 9.90 Å². The second-order valence-corrected chi connectivity index (χ2v) is 5.10. The lowest BCUT2D eigenvalue weighted by Gasteiger charge is -2.30. The van der Waals surface area contributed by atoms with Crippen LogP contribution in [0.2, 0.25) is 0 Å². The van der Waals surface area contributed by atoms with Crippen LogP contribution < -0.4 is 5.32 Å². The van der Waals surface area contributed by atoms with Crippen LogP contribution in [-0.2, 0) is 4.79 Å². The van der Waals surface area contributed by atoms with Crippen LogP contribution in [0.1, 0.15) is 32.6 Å². The predicted molar refractivity (Wildman–Crippen MR) is 65.4 cm³/mol. The molecule has 3 nitrogen and oxygen atoms in total. The molecule has 1 aliphatic carbocycles. The van der Waals surface area contributed by atoms with Crippen LogP contribution >= 0.6 is 11.6 Å². The summed E-state index contributed by atoms with van der Waals surface area (Å²) in [5.74, 6) is 1.06. The van der Waals surface area contributed by atoms with Gasteiger partial charge in [-0.05, 0) is 24.7 Å². The highest BCUT2D eigenvalue weighted by Crippen LogP contribution is 2.29. The van der Waals surface area contributed by atoms with Crippen molar-refractivity contribution in [2.75, 3.05) is 19.0 Å². The Morgan fingerprint density at radius 3 is 2.62 bits per heavy atom. The monoisotopic (exact) mass is 247 g/mol. The molecule has 1 rings (SSSR count). The molecule has 3 atom stereocenters. The number of amides is 1. The van der Waals surface area contributed by atoms with Gasteiger partial charge in [-0.1, -0.05) is 19.8 Å². The quantitative estimate of drug-likeness (QED) is 0.728. The molecule has 1 fully saturated rings. The van der Waals surface area contributed by atoms with Gasteiger partial charge in [-0.25, -0.2) is 0 Å². The number of aliphatic hydroxyl groups excluding tert-OH is 1. The molecule has 94 valence electrons. The molecule has 1 aliphatic rings. The third kappa shape index (κ3) is 3.95. The normalized spacial score (nSPS) is 27.4. The number of hydrogen-bond donors (Lipinski definition) is 2. The third-order valence-corrected chi connectivity index (χ3v) is 3.98. The summed E-state index contributed by atoms with van der Waals surface area (Å²) in [5, 5.41) is 12.2. The maximum Gasteiger partial charge on any atom is 0.224 e. The summed E-state index contributed by atoms with van der Waals surface area (Å²) in [7, 11) is 0. The first-order valence-electron chi connectivity index (χ1n) is 6.13. The molecule has 0 heterocycles. The lowest BCUT2D eigenvalue weighted by molar-refractivity contribution is -0.124. The zero-order valence-electron chi connectivity index (χ0n) is 9.92. The average Bonchev–Trinajstić information content (AvgIpc) is 2.35. The number of rotatable bonds is 5. The van der Waals surface area contributed by atoms with Crippen molar-refractivity contribution in [2.45, 2.75) is 32.6 Å². The summed E-state index contributed by atoms with van der Waals surface area (Å²) in [6.45, 7) is 2.75. The van der Waals surface area contributed by atoms with Gasteiger partial charge in [-0.15, -0.1) is 11.6 Å². The van der Waals surface area contributed by atoms with Crippen LogP contribution in [0.25, 0.3) is 0 Å².